The maximum absolute atomic E-state index is 9.96. The molecule has 4 heteroatoms. The minimum Gasteiger partial charge on any atom is -0.488 e. The Balaban J connectivity index is 2.30. The van der Waals surface area contributed by atoms with Gasteiger partial charge in [0.2, 0.25) is 0 Å². The molecular formula is C12H17NO3. The summed E-state index contributed by atoms with van der Waals surface area (Å²) in [5, 5.41) is 22.2. The number of hydrogen-bond acceptors (Lipinski definition) is 4. The summed E-state index contributed by atoms with van der Waals surface area (Å²) in [6.45, 7) is 2.17. The van der Waals surface area contributed by atoms with Crippen molar-refractivity contribution >= 4 is 5.69 Å². The molecule has 0 spiro atoms. The van der Waals surface area contributed by atoms with Crippen molar-refractivity contribution in [2.24, 2.45) is 0 Å². The highest BCUT2D eigenvalue weighted by Crippen LogP contribution is 2.32. The summed E-state index contributed by atoms with van der Waals surface area (Å²) in [6.07, 6.45) is 0.900. The van der Waals surface area contributed by atoms with Crippen LogP contribution in [0.15, 0.2) is 18.2 Å². The lowest BCUT2D eigenvalue weighted by Gasteiger charge is -2.22. The highest BCUT2D eigenvalue weighted by Gasteiger charge is 2.30. The van der Waals surface area contributed by atoms with Crippen molar-refractivity contribution in [3.63, 3.8) is 0 Å². The van der Waals surface area contributed by atoms with Gasteiger partial charge >= 0.3 is 0 Å². The second-order valence-corrected chi connectivity index (χ2v) is 4.17. The fraction of sp³-hybridized carbons (Fsp3) is 0.500. The molecule has 88 valence electrons. The van der Waals surface area contributed by atoms with Gasteiger partial charge in [-0.15, -0.1) is 0 Å². The van der Waals surface area contributed by atoms with Crippen LogP contribution in [0.3, 0.4) is 0 Å². The van der Waals surface area contributed by atoms with Gasteiger partial charge in [0, 0.05) is 6.54 Å². The van der Waals surface area contributed by atoms with Crippen molar-refractivity contribution in [2.45, 2.75) is 18.9 Å². The Morgan fingerprint density at radius 2 is 2.31 bits per heavy atom. The molecule has 4 nitrogen and oxygen atoms in total. The van der Waals surface area contributed by atoms with Crippen LogP contribution < -0.4 is 10.1 Å². The molecule has 16 heavy (non-hydrogen) atoms. The average Bonchev–Trinajstić information content (AvgIpc) is 2.50. The second kappa shape index (κ2) is 4.31. The van der Waals surface area contributed by atoms with E-state index in [1.165, 1.54) is 0 Å². The normalized spacial score (nSPS) is 23.9. The van der Waals surface area contributed by atoms with Gasteiger partial charge in [-0.25, -0.2) is 0 Å². The van der Waals surface area contributed by atoms with Crippen LogP contribution in [0.4, 0.5) is 5.69 Å². The van der Waals surface area contributed by atoms with Crippen LogP contribution in [0.25, 0.3) is 0 Å². The molecule has 0 fully saturated rings. The minimum atomic E-state index is -1.20. The van der Waals surface area contributed by atoms with Gasteiger partial charge in [-0.3, -0.25) is 0 Å². The zero-order chi connectivity index (χ0) is 11.6. The van der Waals surface area contributed by atoms with Gasteiger partial charge in [-0.1, -0.05) is 19.1 Å². The summed E-state index contributed by atoms with van der Waals surface area (Å²) >= 11 is 0. The number of hydrogen-bond donors (Lipinski definition) is 3. The largest absolute Gasteiger partial charge is 0.488 e. The third-order valence-corrected chi connectivity index (χ3v) is 2.88. The Hall–Kier alpha value is -1.26. The van der Waals surface area contributed by atoms with E-state index < -0.39 is 5.60 Å². The molecule has 1 aromatic carbocycles. The number of fused-ring (bicyclic) bond motifs is 1. The molecule has 3 N–H and O–H groups in total. The SMILES string of the molecule is CCc1cccc2c1NCC(O)(CO)CO2. The molecule has 0 aromatic heterocycles. The summed E-state index contributed by atoms with van der Waals surface area (Å²) in [5.41, 5.74) is 0.874. The molecule has 2 rings (SSSR count). The smallest absolute Gasteiger partial charge is 0.142 e. The molecular weight excluding hydrogens is 206 g/mol. The van der Waals surface area contributed by atoms with Crippen LogP contribution in [0, 0.1) is 0 Å². The number of rotatable bonds is 2. The lowest BCUT2D eigenvalue weighted by atomic mass is 10.1. The number of aryl methyl sites for hydroxylation is 1. The molecule has 0 amide bonds. The lowest BCUT2D eigenvalue weighted by Crippen LogP contribution is -2.44. The maximum atomic E-state index is 9.96. The van der Waals surface area contributed by atoms with Gasteiger partial charge in [0.25, 0.3) is 0 Å². The van der Waals surface area contributed by atoms with Gasteiger partial charge in [0.05, 0.1) is 12.3 Å². The van der Waals surface area contributed by atoms with E-state index >= 15 is 0 Å². The predicted octanol–water partition coefficient (Wildman–Crippen LogP) is 0.777. The molecule has 1 heterocycles. The van der Waals surface area contributed by atoms with Crippen molar-refractivity contribution in [1.82, 2.24) is 0 Å². The molecule has 0 aliphatic carbocycles. The Morgan fingerprint density at radius 1 is 1.50 bits per heavy atom. The van der Waals surface area contributed by atoms with Crippen molar-refractivity contribution in [2.75, 3.05) is 25.1 Å². The number of benzene rings is 1. The zero-order valence-corrected chi connectivity index (χ0v) is 9.36. The molecule has 0 bridgehead atoms. The first kappa shape index (κ1) is 11.2. The Labute approximate surface area is 94.9 Å². The average molecular weight is 223 g/mol. The number of ether oxygens (including phenoxy) is 1. The lowest BCUT2D eigenvalue weighted by molar-refractivity contribution is -0.0340. The van der Waals surface area contributed by atoms with Crippen molar-refractivity contribution in [3.05, 3.63) is 23.8 Å². The zero-order valence-electron chi connectivity index (χ0n) is 9.36. The van der Waals surface area contributed by atoms with E-state index in [-0.39, 0.29) is 13.2 Å². The van der Waals surface area contributed by atoms with E-state index in [2.05, 4.69) is 12.2 Å². The van der Waals surface area contributed by atoms with Crippen LogP contribution in [0.5, 0.6) is 5.75 Å². The monoisotopic (exact) mass is 223 g/mol. The van der Waals surface area contributed by atoms with E-state index in [1.54, 1.807) is 0 Å². The fourth-order valence-electron chi connectivity index (χ4n) is 1.81. The van der Waals surface area contributed by atoms with E-state index in [9.17, 15) is 5.11 Å². The molecule has 0 radical (unpaired) electrons. The Bertz CT molecular complexity index is 381. The van der Waals surface area contributed by atoms with Crippen molar-refractivity contribution < 1.29 is 14.9 Å². The molecule has 1 aromatic rings. The van der Waals surface area contributed by atoms with Crippen LogP contribution in [0.1, 0.15) is 12.5 Å². The number of para-hydroxylation sites is 1. The number of anilines is 1. The van der Waals surface area contributed by atoms with Crippen LogP contribution in [-0.2, 0) is 6.42 Å². The number of aliphatic hydroxyl groups excluding tert-OH is 1. The van der Waals surface area contributed by atoms with E-state index in [0.29, 0.717) is 6.54 Å². The standard InChI is InChI=1S/C12H17NO3/c1-2-9-4-3-5-10-11(9)13-6-12(15,7-14)8-16-10/h3-5,13-15H,2,6-8H2,1H3. The summed E-state index contributed by atoms with van der Waals surface area (Å²) in [7, 11) is 0. The summed E-state index contributed by atoms with van der Waals surface area (Å²) < 4.78 is 5.52. The minimum absolute atomic E-state index is 0.108. The van der Waals surface area contributed by atoms with Crippen LogP contribution >= 0.6 is 0 Å². The Kier molecular flexibility index (Phi) is 3.03. The van der Waals surface area contributed by atoms with E-state index in [1.807, 2.05) is 18.2 Å². The fourth-order valence-corrected chi connectivity index (χ4v) is 1.81. The molecule has 1 atom stereocenters. The number of nitrogens with one attached hydrogen (secondary N) is 1. The summed E-state index contributed by atoms with van der Waals surface area (Å²) in [5.74, 6) is 0.740. The maximum Gasteiger partial charge on any atom is 0.142 e. The predicted molar refractivity (Wildman–Crippen MR) is 61.8 cm³/mol. The van der Waals surface area contributed by atoms with Crippen LogP contribution in [-0.4, -0.2) is 35.6 Å². The number of β-amino-alcohol motifs (C(OH)–C–C–N with tert-alkyl or cyclic N) is 1. The first-order valence-electron chi connectivity index (χ1n) is 5.50. The second-order valence-electron chi connectivity index (χ2n) is 4.17. The van der Waals surface area contributed by atoms with E-state index in [0.717, 1.165) is 23.4 Å². The molecule has 0 saturated heterocycles. The van der Waals surface area contributed by atoms with Gasteiger partial charge in [0.1, 0.15) is 18.0 Å². The molecule has 1 aliphatic heterocycles. The third kappa shape index (κ3) is 1.99. The van der Waals surface area contributed by atoms with Crippen LogP contribution in [0.2, 0.25) is 0 Å². The van der Waals surface area contributed by atoms with Crippen molar-refractivity contribution in [3.8, 4) is 5.75 Å². The quantitative estimate of drug-likeness (QED) is 0.693. The van der Waals surface area contributed by atoms with Gasteiger partial charge < -0.3 is 20.3 Å². The molecule has 1 unspecified atom stereocenters. The van der Waals surface area contributed by atoms with E-state index in [4.69, 9.17) is 9.84 Å². The Morgan fingerprint density at radius 3 is 3.00 bits per heavy atom. The highest BCUT2D eigenvalue weighted by molar-refractivity contribution is 5.63. The van der Waals surface area contributed by atoms with Crippen molar-refractivity contribution in [1.29, 1.82) is 0 Å². The third-order valence-electron chi connectivity index (χ3n) is 2.88. The first-order chi connectivity index (χ1) is 7.68. The molecule has 1 aliphatic rings. The highest BCUT2D eigenvalue weighted by atomic mass is 16.5. The van der Waals surface area contributed by atoms with Gasteiger partial charge in [0.15, 0.2) is 0 Å². The van der Waals surface area contributed by atoms with Gasteiger partial charge in [-0.05, 0) is 18.1 Å². The summed E-state index contributed by atoms with van der Waals surface area (Å²) in [6, 6.07) is 5.83. The first-order valence-corrected chi connectivity index (χ1v) is 5.50. The number of aliphatic hydroxyl groups is 2. The molecule has 0 saturated carbocycles. The topological polar surface area (TPSA) is 61.7 Å². The van der Waals surface area contributed by atoms with Gasteiger partial charge in [-0.2, -0.15) is 0 Å². The summed E-state index contributed by atoms with van der Waals surface area (Å²) in [4.78, 5) is 0.